The molecule has 2 aromatic carbocycles. The Hall–Kier alpha value is -2.99. The van der Waals surface area contributed by atoms with E-state index < -0.39 is 18.1 Å². The molecule has 0 aliphatic carbocycles. The van der Waals surface area contributed by atoms with E-state index in [9.17, 15) is 9.90 Å². The zero-order valence-electron chi connectivity index (χ0n) is 21.3. The minimum absolute atomic E-state index is 0.00747. The van der Waals surface area contributed by atoms with E-state index in [0.29, 0.717) is 30.7 Å². The molecule has 0 bridgehead atoms. The largest absolute Gasteiger partial charge is 0.497 e. The summed E-state index contributed by atoms with van der Waals surface area (Å²) in [6, 6.07) is 15.8. The Labute approximate surface area is 213 Å². The van der Waals surface area contributed by atoms with E-state index >= 15 is 4.39 Å². The number of alkyl halides is 1. The molecule has 1 fully saturated rings. The van der Waals surface area contributed by atoms with Crippen molar-refractivity contribution in [3.05, 3.63) is 71.4 Å². The lowest BCUT2D eigenvalue weighted by molar-refractivity contribution is -0.146. The van der Waals surface area contributed by atoms with Gasteiger partial charge in [0.05, 0.1) is 18.5 Å². The van der Waals surface area contributed by atoms with Gasteiger partial charge in [0, 0.05) is 18.1 Å². The minimum atomic E-state index is -1.17. The summed E-state index contributed by atoms with van der Waals surface area (Å²) in [6.07, 6.45) is 5.32. The van der Waals surface area contributed by atoms with Crippen molar-refractivity contribution in [3.8, 4) is 5.75 Å². The fourth-order valence-corrected chi connectivity index (χ4v) is 5.49. The highest BCUT2D eigenvalue weighted by Crippen LogP contribution is 2.35. The molecule has 1 aliphatic rings. The maximum Gasteiger partial charge on any atom is 0.308 e. The number of nitrogens with zero attached hydrogens (tertiary/aromatic N) is 2. The van der Waals surface area contributed by atoms with Crippen molar-refractivity contribution >= 4 is 16.9 Å². The molecule has 3 atom stereocenters. The molecule has 6 heteroatoms. The minimum Gasteiger partial charge on any atom is -0.497 e. The molecule has 1 saturated heterocycles. The van der Waals surface area contributed by atoms with Crippen molar-refractivity contribution in [1.29, 1.82) is 0 Å². The van der Waals surface area contributed by atoms with Gasteiger partial charge in [-0.15, -0.1) is 0 Å². The first kappa shape index (κ1) is 26.1. The predicted molar refractivity (Wildman–Crippen MR) is 141 cm³/mol. The van der Waals surface area contributed by atoms with Gasteiger partial charge in [0.2, 0.25) is 0 Å². The summed E-state index contributed by atoms with van der Waals surface area (Å²) in [5, 5.41) is 10.7. The van der Waals surface area contributed by atoms with Crippen molar-refractivity contribution in [1.82, 2.24) is 9.88 Å². The highest BCUT2D eigenvalue weighted by Gasteiger charge is 2.34. The van der Waals surface area contributed by atoms with E-state index in [0.717, 1.165) is 49.7 Å². The SMILES string of the molecule is COc1ccc2nccc([C@@H](F)CC[C@@H]3CCN(CCCCc4cccc(C)c4)C[C@@H]3C(=O)O)c2c1. The number of carboxylic acids is 1. The van der Waals surface area contributed by atoms with Crippen LogP contribution in [0.5, 0.6) is 5.75 Å². The smallest absolute Gasteiger partial charge is 0.308 e. The molecule has 4 rings (SSSR count). The molecule has 0 spiro atoms. The van der Waals surface area contributed by atoms with Gasteiger partial charge in [0.15, 0.2) is 0 Å². The molecule has 0 radical (unpaired) electrons. The van der Waals surface area contributed by atoms with Crippen LogP contribution in [0.15, 0.2) is 54.7 Å². The van der Waals surface area contributed by atoms with Gasteiger partial charge in [-0.1, -0.05) is 29.8 Å². The summed E-state index contributed by atoms with van der Waals surface area (Å²) in [5.41, 5.74) is 3.97. The number of fused-ring (bicyclic) bond motifs is 1. The third kappa shape index (κ3) is 6.61. The molecule has 36 heavy (non-hydrogen) atoms. The molecule has 5 nitrogen and oxygen atoms in total. The predicted octanol–water partition coefficient (Wildman–Crippen LogP) is 6.39. The molecule has 1 N–H and O–H groups in total. The summed E-state index contributed by atoms with van der Waals surface area (Å²) in [6.45, 7) is 4.46. The Bertz CT molecular complexity index is 1170. The number of hydrogen-bond acceptors (Lipinski definition) is 4. The monoisotopic (exact) mass is 492 g/mol. The van der Waals surface area contributed by atoms with Crippen LogP contribution < -0.4 is 4.74 Å². The highest BCUT2D eigenvalue weighted by molar-refractivity contribution is 5.83. The normalized spacial score (nSPS) is 19.3. The zero-order valence-corrected chi connectivity index (χ0v) is 21.3. The Morgan fingerprint density at radius 3 is 2.86 bits per heavy atom. The Kier molecular flexibility index (Phi) is 8.92. The van der Waals surface area contributed by atoms with Gasteiger partial charge < -0.3 is 14.7 Å². The second-order valence-corrected chi connectivity index (χ2v) is 10.1. The van der Waals surface area contributed by atoms with Crippen LogP contribution in [0.25, 0.3) is 10.9 Å². The summed E-state index contributed by atoms with van der Waals surface area (Å²) in [7, 11) is 1.59. The number of piperidine rings is 1. The lowest BCUT2D eigenvalue weighted by Gasteiger charge is -2.37. The zero-order chi connectivity index (χ0) is 25.5. The van der Waals surface area contributed by atoms with Gasteiger partial charge in [0.25, 0.3) is 0 Å². The lowest BCUT2D eigenvalue weighted by atomic mass is 9.81. The molecule has 1 aliphatic heterocycles. The molecule has 0 unspecified atom stereocenters. The standard InChI is InChI=1S/C30H37FN2O3/c1-21-6-5-8-22(18-21)7-3-4-16-33-17-14-23(27(20-33)30(34)35)9-11-28(31)25-13-15-32-29-12-10-24(36-2)19-26(25)29/h5-6,8,10,12-13,15,18-19,23,27-28H,3-4,7,9,11,14,16-17,20H2,1-2H3,(H,34,35)/t23-,27+,28+/m1/s1. The van der Waals surface area contributed by atoms with Gasteiger partial charge in [0.1, 0.15) is 11.9 Å². The summed E-state index contributed by atoms with van der Waals surface area (Å²) < 4.78 is 20.7. The number of rotatable bonds is 11. The van der Waals surface area contributed by atoms with Crippen LogP contribution in [0.1, 0.15) is 55.0 Å². The topological polar surface area (TPSA) is 62.7 Å². The van der Waals surface area contributed by atoms with E-state index in [1.54, 1.807) is 19.4 Å². The fourth-order valence-electron chi connectivity index (χ4n) is 5.49. The number of ether oxygens (including phenoxy) is 1. The second-order valence-electron chi connectivity index (χ2n) is 10.1. The first-order chi connectivity index (χ1) is 17.4. The number of aryl methyl sites for hydroxylation is 2. The van der Waals surface area contributed by atoms with Gasteiger partial charge >= 0.3 is 5.97 Å². The van der Waals surface area contributed by atoms with Gasteiger partial charge in [-0.05, 0) is 99.8 Å². The van der Waals surface area contributed by atoms with Crippen LogP contribution in [0.4, 0.5) is 4.39 Å². The maximum atomic E-state index is 15.4. The van der Waals surface area contributed by atoms with Crippen molar-refractivity contribution in [2.24, 2.45) is 11.8 Å². The summed E-state index contributed by atoms with van der Waals surface area (Å²) >= 11 is 0. The van der Waals surface area contributed by atoms with Crippen LogP contribution in [-0.2, 0) is 11.2 Å². The number of benzene rings is 2. The average molecular weight is 493 g/mol. The number of halogens is 1. The van der Waals surface area contributed by atoms with Gasteiger partial charge in [-0.25, -0.2) is 4.39 Å². The third-order valence-corrected chi connectivity index (χ3v) is 7.54. The van der Waals surface area contributed by atoms with Crippen LogP contribution in [0.2, 0.25) is 0 Å². The molecule has 0 saturated carbocycles. The first-order valence-corrected chi connectivity index (χ1v) is 13.0. The number of likely N-dealkylation sites (tertiary alicyclic amines) is 1. The molecule has 0 amide bonds. The molecule has 1 aromatic heterocycles. The number of aliphatic carboxylic acids is 1. The highest BCUT2D eigenvalue weighted by atomic mass is 19.1. The molecular formula is C30H37FN2O3. The Morgan fingerprint density at radius 2 is 2.08 bits per heavy atom. The number of methoxy groups -OCH3 is 1. The second kappa shape index (κ2) is 12.3. The average Bonchev–Trinajstić information content (AvgIpc) is 2.89. The lowest BCUT2D eigenvalue weighted by Crippen LogP contribution is -2.44. The Balaban J connectivity index is 1.29. The molecular weight excluding hydrogens is 455 g/mol. The van der Waals surface area contributed by atoms with E-state index in [-0.39, 0.29) is 5.92 Å². The van der Waals surface area contributed by atoms with Crippen molar-refractivity contribution in [2.75, 3.05) is 26.7 Å². The van der Waals surface area contributed by atoms with Crippen molar-refractivity contribution in [3.63, 3.8) is 0 Å². The van der Waals surface area contributed by atoms with Crippen LogP contribution in [-0.4, -0.2) is 47.7 Å². The number of unbranched alkanes of at least 4 members (excludes halogenated alkanes) is 1. The van der Waals surface area contributed by atoms with Crippen LogP contribution in [0.3, 0.4) is 0 Å². The molecule has 2 heterocycles. The van der Waals surface area contributed by atoms with E-state index in [1.165, 1.54) is 11.1 Å². The van der Waals surface area contributed by atoms with E-state index in [1.807, 2.05) is 18.2 Å². The molecule has 192 valence electrons. The fraction of sp³-hybridized carbons (Fsp3) is 0.467. The summed E-state index contributed by atoms with van der Waals surface area (Å²) in [5.74, 6) is -0.552. The summed E-state index contributed by atoms with van der Waals surface area (Å²) in [4.78, 5) is 18.7. The Morgan fingerprint density at radius 1 is 1.22 bits per heavy atom. The van der Waals surface area contributed by atoms with Crippen molar-refractivity contribution in [2.45, 2.75) is 51.6 Å². The molecule has 3 aromatic rings. The van der Waals surface area contributed by atoms with Gasteiger partial charge in [-0.2, -0.15) is 0 Å². The van der Waals surface area contributed by atoms with Crippen LogP contribution in [0, 0.1) is 18.8 Å². The van der Waals surface area contributed by atoms with E-state index in [2.05, 4.69) is 41.1 Å². The number of aromatic nitrogens is 1. The number of hydrogen-bond donors (Lipinski definition) is 1. The number of pyridine rings is 1. The van der Waals surface area contributed by atoms with E-state index in [4.69, 9.17) is 4.74 Å². The number of carboxylic acid groups (broad SMARTS) is 1. The first-order valence-electron chi connectivity index (χ1n) is 13.0. The van der Waals surface area contributed by atoms with Crippen LogP contribution >= 0.6 is 0 Å². The van der Waals surface area contributed by atoms with Crippen molar-refractivity contribution < 1.29 is 19.0 Å². The van der Waals surface area contributed by atoms with Gasteiger partial charge in [-0.3, -0.25) is 9.78 Å². The quantitative estimate of drug-likeness (QED) is 0.314. The number of carbonyl (C=O) groups is 1. The third-order valence-electron chi connectivity index (χ3n) is 7.54. The maximum absolute atomic E-state index is 15.4.